The molecule has 0 saturated heterocycles. The van der Waals surface area contributed by atoms with Crippen LogP contribution in [0.3, 0.4) is 0 Å². The largest absolute Gasteiger partial charge is 0.219 e. The van der Waals surface area contributed by atoms with Gasteiger partial charge in [0.1, 0.15) is 5.82 Å². The first kappa shape index (κ1) is 12.3. The molecule has 0 unspecified atom stereocenters. The second-order valence-electron chi connectivity index (χ2n) is 3.41. The molecule has 2 aromatic carbocycles. The Kier molecular flexibility index (Phi) is 3.31. The van der Waals surface area contributed by atoms with Gasteiger partial charge in [0.25, 0.3) is 0 Å². The molecule has 0 fully saturated rings. The highest BCUT2D eigenvalue weighted by Gasteiger charge is 2.16. The van der Waals surface area contributed by atoms with Crippen LogP contribution in [0.15, 0.2) is 62.8 Å². The summed E-state index contributed by atoms with van der Waals surface area (Å²) in [5.74, 6) is -0.459. The van der Waals surface area contributed by atoms with E-state index < -0.39 is 15.7 Å². The van der Waals surface area contributed by atoms with E-state index in [9.17, 15) is 12.8 Å². The van der Waals surface area contributed by atoms with Crippen LogP contribution in [-0.2, 0) is 9.84 Å². The highest BCUT2D eigenvalue weighted by atomic mass is 79.9. The molecular weight excluding hydrogens is 307 g/mol. The Bertz CT molecular complexity index is 567. The van der Waals surface area contributed by atoms with Crippen LogP contribution >= 0.6 is 15.9 Å². The van der Waals surface area contributed by atoms with E-state index in [0.29, 0.717) is 0 Å². The molecule has 0 atom stereocenters. The molecular formula is C12H8BrFO2S. The summed E-state index contributed by atoms with van der Waals surface area (Å²) in [5, 5.41) is 0. The van der Waals surface area contributed by atoms with Crippen LogP contribution in [0.4, 0.5) is 4.39 Å². The summed E-state index contributed by atoms with van der Waals surface area (Å²) in [5.41, 5.74) is 0. The predicted octanol–water partition coefficient (Wildman–Crippen LogP) is 3.42. The third-order valence-electron chi connectivity index (χ3n) is 2.25. The lowest BCUT2D eigenvalue weighted by atomic mass is 10.3. The predicted molar refractivity (Wildman–Crippen MR) is 66.0 cm³/mol. The van der Waals surface area contributed by atoms with Crippen molar-refractivity contribution in [3.8, 4) is 0 Å². The smallest absolute Gasteiger partial charge is 0.206 e. The number of hydrogen-bond donors (Lipinski definition) is 0. The maximum Gasteiger partial charge on any atom is 0.206 e. The van der Waals surface area contributed by atoms with E-state index in [2.05, 4.69) is 15.9 Å². The van der Waals surface area contributed by atoms with Gasteiger partial charge >= 0.3 is 0 Å². The van der Waals surface area contributed by atoms with Gasteiger partial charge in [-0.25, -0.2) is 12.8 Å². The van der Waals surface area contributed by atoms with Gasteiger partial charge in [-0.1, -0.05) is 15.9 Å². The van der Waals surface area contributed by atoms with Crippen molar-refractivity contribution < 1.29 is 12.8 Å². The van der Waals surface area contributed by atoms with E-state index in [1.807, 2.05) is 0 Å². The molecule has 0 aliphatic rings. The molecule has 2 rings (SSSR count). The topological polar surface area (TPSA) is 34.1 Å². The lowest BCUT2D eigenvalue weighted by molar-refractivity contribution is 0.594. The summed E-state index contributed by atoms with van der Waals surface area (Å²) >= 11 is 3.23. The van der Waals surface area contributed by atoms with Crippen molar-refractivity contribution in [3.05, 3.63) is 58.8 Å². The summed E-state index contributed by atoms with van der Waals surface area (Å²) in [6, 6.07) is 11.1. The van der Waals surface area contributed by atoms with Crippen molar-refractivity contribution in [1.82, 2.24) is 0 Å². The van der Waals surface area contributed by atoms with Crippen LogP contribution in [0.25, 0.3) is 0 Å². The minimum Gasteiger partial charge on any atom is -0.219 e. The molecule has 0 aliphatic heterocycles. The number of halogens is 2. The van der Waals surface area contributed by atoms with Crippen LogP contribution in [0.2, 0.25) is 0 Å². The zero-order valence-corrected chi connectivity index (χ0v) is 11.0. The summed E-state index contributed by atoms with van der Waals surface area (Å²) in [6.45, 7) is 0. The monoisotopic (exact) mass is 314 g/mol. The van der Waals surface area contributed by atoms with Gasteiger partial charge in [-0.15, -0.1) is 0 Å². The van der Waals surface area contributed by atoms with E-state index in [-0.39, 0.29) is 9.79 Å². The summed E-state index contributed by atoms with van der Waals surface area (Å²) in [6.07, 6.45) is 0. The highest BCUT2D eigenvalue weighted by molar-refractivity contribution is 9.10. The molecule has 0 saturated carbocycles. The fourth-order valence-electron chi connectivity index (χ4n) is 1.36. The number of benzene rings is 2. The Morgan fingerprint density at radius 3 is 1.71 bits per heavy atom. The normalized spacial score (nSPS) is 11.4. The van der Waals surface area contributed by atoms with E-state index in [1.54, 1.807) is 12.1 Å². The molecule has 0 bridgehead atoms. The average Bonchev–Trinajstić information content (AvgIpc) is 2.30. The maximum atomic E-state index is 12.7. The fraction of sp³-hybridized carbons (Fsp3) is 0. The Balaban J connectivity index is 2.50. The second-order valence-corrected chi connectivity index (χ2v) is 6.28. The molecule has 0 heterocycles. The van der Waals surface area contributed by atoms with Gasteiger partial charge < -0.3 is 0 Å². The second kappa shape index (κ2) is 4.58. The van der Waals surface area contributed by atoms with E-state index in [4.69, 9.17) is 0 Å². The van der Waals surface area contributed by atoms with Crippen molar-refractivity contribution >= 4 is 25.8 Å². The zero-order chi connectivity index (χ0) is 12.5. The van der Waals surface area contributed by atoms with Gasteiger partial charge in [0.05, 0.1) is 9.79 Å². The molecule has 0 aliphatic carbocycles. The lowest BCUT2D eigenvalue weighted by Gasteiger charge is -2.04. The van der Waals surface area contributed by atoms with Crippen LogP contribution in [0, 0.1) is 5.82 Å². The minimum absolute atomic E-state index is 0.0845. The number of rotatable bonds is 2. The fourth-order valence-corrected chi connectivity index (χ4v) is 2.89. The van der Waals surface area contributed by atoms with Gasteiger partial charge in [-0.3, -0.25) is 0 Å². The summed E-state index contributed by atoms with van der Waals surface area (Å²) in [4.78, 5) is 0.272. The third kappa shape index (κ3) is 2.56. The van der Waals surface area contributed by atoms with E-state index in [1.165, 1.54) is 24.3 Å². The molecule has 0 radical (unpaired) electrons. The Hall–Kier alpha value is -1.20. The average molecular weight is 315 g/mol. The maximum absolute atomic E-state index is 12.7. The standard InChI is InChI=1S/C12H8BrFO2S/c13-9-1-5-11(6-2-9)17(15,16)12-7-3-10(14)4-8-12/h1-8H. The van der Waals surface area contributed by atoms with Gasteiger partial charge in [0.15, 0.2) is 0 Å². The van der Waals surface area contributed by atoms with Crippen molar-refractivity contribution in [2.45, 2.75) is 9.79 Å². The van der Waals surface area contributed by atoms with Gasteiger partial charge in [0.2, 0.25) is 9.84 Å². The molecule has 0 N–H and O–H groups in total. The molecule has 5 heteroatoms. The van der Waals surface area contributed by atoms with Crippen molar-refractivity contribution in [2.24, 2.45) is 0 Å². The van der Waals surface area contributed by atoms with Crippen molar-refractivity contribution in [1.29, 1.82) is 0 Å². The van der Waals surface area contributed by atoms with Crippen LogP contribution in [-0.4, -0.2) is 8.42 Å². The van der Waals surface area contributed by atoms with Gasteiger partial charge in [-0.2, -0.15) is 0 Å². The first-order valence-electron chi connectivity index (χ1n) is 4.76. The first-order chi connectivity index (χ1) is 8.00. The van der Waals surface area contributed by atoms with Gasteiger partial charge in [-0.05, 0) is 48.5 Å². The molecule has 2 aromatic rings. The van der Waals surface area contributed by atoms with E-state index >= 15 is 0 Å². The quantitative estimate of drug-likeness (QED) is 0.796. The van der Waals surface area contributed by atoms with Gasteiger partial charge in [0, 0.05) is 4.47 Å². The summed E-state index contributed by atoms with van der Waals surface area (Å²) < 4.78 is 37.8. The summed E-state index contributed by atoms with van der Waals surface area (Å²) in [7, 11) is -3.56. The van der Waals surface area contributed by atoms with Crippen molar-refractivity contribution in [2.75, 3.05) is 0 Å². The molecule has 0 aromatic heterocycles. The van der Waals surface area contributed by atoms with E-state index in [0.717, 1.165) is 16.6 Å². The molecule has 88 valence electrons. The molecule has 0 amide bonds. The van der Waals surface area contributed by atoms with Crippen molar-refractivity contribution in [3.63, 3.8) is 0 Å². The minimum atomic E-state index is -3.56. The Morgan fingerprint density at radius 1 is 0.824 bits per heavy atom. The number of hydrogen-bond acceptors (Lipinski definition) is 2. The Morgan fingerprint density at radius 2 is 1.24 bits per heavy atom. The zero-order valence-electron chi connectivity index (χ0n) is 8.60. The molecule has 0 spiro atoms. The Labute approximate surface area is 107 Å². The van der Waals surface area contributed by atoms with Crippen LogP contribution < -0.4 is 0 Å². The SMILES string of the molecule is O=S(=O)(c1ccc(F)cc1)c1ccc(Br)cc1. The number of sulfone groups is 1. The first-order valence-corrected chi connectivity index (χ1v) is 7.04. The van der Waals surface area contributed by atoms with Crippen LogP contribution in [0.1, 0.15) is 0 Å². The molecule has 17 heavy (non-hydrogen) atoms. The lowest BCUT2D eigenvalue weighted by Crippen LogP contribution is -2.01. The van der Waals surface area contributed by atoms with Crippen LogP contribution in [0.5, 0.6) is 0 Å². The molecule has 2 nitrogen and oxygen atoms in total. The highest BCUT2D eigenvalue weighted by Crippen LogP contribution is 2.22. The third-order valence-corrected chi connectivity index (χ3v) is 4.56.